The van der Waals surface area contributed by atoms with Crippen LogP contribution in [0.15, 0.2) is 30.3 Å². The van der Waals surface area contributed by atoms with Crippen molar-refractivity contribution in [3.05, 3.63) is 35.9 Å². The first-order chi connectivity index (χ1) is 10.2. The molecular formula is C16H23NO4. The Morgan fingerprint density at radius 2 is 2.10 bits per heavy atom. The lowest BCUT2D eigenvalue weighted by Gasteiger charge is -2.35. The van der Waals surface area contributed by atoms with Gasteiger partial charge in [-0.3, -0.25) is 0 Å². The topological polar surface area (TPSA) is 70.0 Å². The maximum Gasteiger partial charge on any atom is 0.410 e. The van der Waals surface area contributed by atoms with Gasteiger partial charge in [0.15, 0.2) is 0 Å². The van der Waals surface area contributed by atoms with Crippen LogP contribution in [0, 0.1) is 0 Å². The van der Waals surface area contributed by atoms with Gasteiger partial charge < -0.3 is 19.8 Å². The molecule has 0 bridgehead atoms. The molecule has 1 saturated heterocycles. The van der Waals surface area contributed by atoms with E-state index in [0.29, 0.717) is 13.0 Å². The van der Waals surface area contributed by atoms with Crippen LogP contribution in [0.4, 0.5) is 4.79 Å². The average molecular weight is 293 g/mol. The number of aliphatic hydroxyl groups excluding tert-OH is 2. The van der Waals surface area contributed by atoms with E-state index in [0.717, 1.165) is 24.8 Å². The predicted molar refractivity (Wildman–Crippen MR) is 78.7 cm³/mol. The molecule has 5 nitrogen and oxygen atoms in total. The third-order valence-electron chi connectivity index (χ3n) is 3.82. The molecule has 2 rings (SSSR count). The Morgan fingerprint density at radius 1 is 1.33 bits per heavy atom. The van der Waals surface area contributed by atoms with E-state index in [-0.39, 0.29) is 25.3 Å². The highest BCUT2D eigenvalue weighted by molar-refractivity contribution is 5.68. The van der Waals surface area contributed by atoms with Gasteiger partial charge in [0.2, 0.25) is 0 Å². The normalized spacial score (nSPS) is 20.1. The molecule has 116 valence electrons. The Labute approximate surface area is 125 Å². The summed E-state index contributed by atoms with van der Waals surface area (Å²) in [5, 5.41) is 18.5. The van der Waals surface area contributed by atoms with Crippen LogP contribution in [0.1, 0.15) is 31.2 Å². The number of carbonyl (C=O) groups excluding carboxylic acids is 1. The van der Waals surface area contributed by atoms with Gasteiger partial charge >= 0.3 is 6.09 Å². The summed E-state index contributed by atoms with van der Waals surface area (Å²) in [6.45, 7) is 0.630. The Morgan fingerprint density at radius 3 is 2.81 bits per heavy atom. The first-order valence-electron chi connectivity index (χ1n) is 7.47. The standard InChI is InChI=1S/C16H23NO4/c18-11-15(19)10-14-8-4-5-9-17(14)16(20)21-12-13-6-2-1-3-7-13/h1-3,6-7,14-15,18-19H,4-5,8-12H2/t14-,15-/m1/s1. The molecule has 0 saturated carbocycles. The number of hydrogen-bond donors (Lipinski definition) is 2. The van der Waals surface area contributed by atoms with Crippen molar-refractivity contribution in [1.82, 2.24) is 4.90 Å². The number of benzene rings is 1. The van der Waals surface area contributed by atoms with Crippen LogP contribution >= 0.6 is 0 Å². The van der Waals surface area contributed by atoms with Crippen molar-refractivity contribution in [1.29, 1.82) is 0 Å². The fourth-order valence-corrected chi connectivity index (χ4v) is 2.68. The fraction of sp³-hybridized carbons (Fsp3) is 0.562. The van der Waals surface area contributed by atoms with Crippen LogP contribution in [0.2, 0.25) is 0 Å². The van der Waals surface area contributed by atoms with Crippen molar-refractivity contribution in [2.75, 3.05) is 13.2 Å². The highest BCUT2D eigenvalue weighted by Crippen LogP contribution is 2.22. The lowest BCUT2D eigenvalue weighted by atomic mass is 9.97. The monoisotopic (exact) mass is 293 g/mol. The number of ether oxygens (including phenoxy) is 1. The van der Waals surface area contributed by atoms with Crippen molar-refractivity contribution in [2.45, 2.75) is 44.4 Å². The predicted octanol–water partition coefficient (Wildman–Crippen LogP) is 1.92. The van der Waals surface area contributed by atoms with Gasteiger partial charge in [0.25, 0.3) is 0 Å². The van der Waals surface area contributed by atoms with Crippen LogP contribution in [-0.2, 0) is 11.3 Å². The number of amides is 1. The van der Waals surface area contributed by atoms with Crippen LogP contribution in [0.5, 0.6) is 0 Å². The first-order valence-corrected chi connectivity index (χ1v) is 7.47. The zero-order chi connectivity index (χ0) is 15.1. The lowest BCUT2D eigenvalue weighted by molar-refractivity contribution is 0.0317. The van der Waals surface area contributed by atoms with Crippen molar-refractivity contribution >= 4 is 6.09 Å². The van der Waals surface area contributed by atoms with E-state index in [1.165, 1.54) is 0 Å². The Bertz CT molecular complexity index is 437. The minimum atomic E-state index is -0.780. The van der Waals surface area contributed by atoms with Gasteiger partial charge in [-0.25, -0.2) is 4.79 Å². The molecule has 1 fully saturated rings. The molecule has 21 heavy (non-hydrogen) atoms. The minimum Gasteiger partial charge on any atom is -0.445 e. The van der Waals surface area contributed by atoms with Crippen molar-refractivity contribution in [3.63, 3.8) is 0 Å². The van der Waals surface area contributed by atoms with Gasteiger partial charge in [-0.1, -0.05) is 30.3 Å². The first kappa shape index (κ1) is 15.8. The number of hydrogen-bond acceptors (Lipinski definition) is 4. The quantitative estimate of drug-likeness (QED) is 0.870. The molecule has 2 atom stereocenters. The Kier molecular flexibility index (Phi) is 6.02. The molecule has 1 aromatic carbocycles. The summed E-state index contributed by atoms with van der Waals surface area (Å²) in [5.41, 5.74) is 0.954. The maximum absolute atomic E-state index is 12.2. The molecule has 0 aliphatic carbocycles. The van der Waals surface area contributed by atoms with E-state index < -0.39 is 6.10 Å². The molecule has 1 heterocycles. The van der Waals surface area contributed by atoms with Crippen LogP contribution in [0.3, 0.4) is 0 Å². The van der Waals surface area contributed by atoms with Crippen molar-refractivity contribution in [3.8, 4) is 0 Å². The third kappa shape index (κ3) is 4.72. The second-order valence-electron chi connectivity index (χ2n) is 5.46. The van der Waals surface area contributed by atoms with E-state index in [4.69, 9.17) is 9.84 Å². The van der Waals surface area contributed by atoms with Gasteiger partial charge in [-0.2, -0.15) is 0 Å². The van der Waals surface area contributed by atoms with E-state index in [1.54, 1.807) is 4.90 Å². The summed E-state index contributed by atoms with van der Waals surface area (Å²) in [6.07, 6.45) is 2.11. The van der Waals surface area contributed by atoms with Crippen LogP contribution in [0.25, 0.3) is 0 Å². The molecule has 0 aromatic heterocycles. The maximum atomic E-state index is 12.2. The number of piperidine rings is 1. The average Bonchev–Trinajstić information content (AvgIpc) is 2.54. The summed E-state index contributed by atoms with van der Waals surface area (Å²) in [6, 6.07) is 9.51. The van der Waals surface area contributed by atoms with Gasteiger partial charge in [0, 0.05) is 12.6 Å². The molecule has 1 aromatic rings. The Balaban J connectivity index is 1.89. The lowest BCUT2D eigenvalue weighted by Crippen LogP contribution is -2.45. The molecule has 0 unspecified atom stereocenters. The molecule has 2 N–H and O–H groups in total. The fourth-order valence-electron chi connectivity index (χ4n) is 2.68. The number of nitrogens with zero attached hydrogens (tertiary/aromatic N) is 1. The highest BCUT2D eigenvalue weighted by atomic mass is 16.6. The van der Waals surface area contributed by atoms with Gasteiger partial charge in [-0.15, -0.1) is 0 Å². The zero-order valence-electron chi connectivity index (χ0n) is 12.1. The summed E-state index contributed by atoms with van der Waals surface area (Å²) >= 11 is 0. The number of aliphatic hydroxyl groups is 2. The summed E-state index contributed by atoms with van der Waals surface area (Å²) in [4.78, 5) is 13.9. The molecular weight excluding hydrogens is 270 g/mol. The van der Waals surface area contributed by atoms with Gasteiger partial charge in [0.05, 0.1) is 12.7 Å². The van der Waals surface area contributed by atoms with Crippen molar-refractivity contribution in [2.24, 2.45) is 0 Å². The van der Waals surface area contributed by atoms with Crippen molar-refractivity contribution < 1.29 is 19.7 Å². The molecule has 1 amide bonds. The van der Waals surface area contributed by atoms with E-state index in [1.807, 2.05) is 30.3 Å². The van der Waals surface area contributed by atoms with Gasteiger partial charge in [0.1, 0.15) is 6.61 Å². The second kappa shape index (κ2) is 8.00. The van der Waals surface area contributed by atoms with Crippen LogP contribution in [-0.4, -0.2) is 46.5 Å². The minimum absolute atomic E-state index is 0.0517. The molecule has 1 aliphatic rings. The highest BCUT2D eigenvalue weighted by Gasteiger charge is 2.29. The molecule has 1 aliphatic heterocycles. The number of rotatable bonds is 5. The smallest absolute Gasteiger partial charge is 0.410 e. The molecule has 0 radical (unpaired) electrons. The molecule has 0 spiro atoms. The largest absolute Gasteiger partial charge is 0.445 e. The zero-order valence-corrected chi connectivity index (χ0v) is 12.1. The Hall–Kier alpha value is -1.59. The van der Waals surface area contributed by atoms with E-state index >= 15 is 0 Å². The molecule has 5 heteroatoms. The summed E-state index contributed by atoms with van der Waals surface area (Å²) in [7, 11) is 0. The number of carbonyl (C=O) groups is 1. The van der Waals surface area contributed by atoms with Gasteiger partial charge in [-0.05, 0) is 31.2 Å². The van der Waals surface area contributed by atoms with E-state index in [2.05, 4.69) is 0 Å². The number of likely N-dealkylation sites (tertiary alicyclic amines) is 1. The third-order valence-corrected chi connectivity index (χ3v) is 3.82. The summed E-state index contributed by atoms with van der Waals surface area (Å²) < 4.78 is 5.36. The summed E-state index contributed by atoms with van der Waals surface area (Å²) in [5.74, 6) is 0. The SMILES string of the molecule is O=C(OCc1ccccc1)N1CCCC[C@@H]1C[C@@H](O)CO. The second-order valence-corrected chi connectivity index (χ2v) is 5.46. The van der Waals surface area contributed by atoms with E-state index in [9.17, 15) is 9.90 Å². The van der Waals surface area contributed by atoms with Crippen LogP contribution < -0.4 is 0 Å².